The van der Waals surface area contributed by atoms with Crippen molar-refractivity contribution in [3.8, 4) is 17.2 Å². The highest BCUT2D eigenvalue weighted by Gasteiger charge is 2.17. The molecule has 2 atom stereocenters. The lowest BCUT2D eigenvalue weighted by Gasteiger charge is -2.20. The number of hydrogen-bond acceptors (Lipinski definition) is 7. The Hall–Kier alpha value is -2.33. The second kappa shape index (κ2) is 9.93. The second-order valence-electron chi connectivity index (χ2n) is 6.70. The van der Waals surface area contributed by atoms with Crippen molar-refractivity contribution >= 4 is 10.0 Å². The maximum atomic E-state index is 11.7. The predicted molar refractivity (Wildman–Crippen MR) is 110 cm³/mol. The van der Waals surface area contributed by atoms with Gasteiger partial charge >= 0.3 is 0 Å². The topological polar surface area (TPSA) is 120 Å². The van der Waals surface area contributed by atoms with Gasteiger partial charge in [-0.1, -0.05) is 18.2 Å². The maximum absolute atomic E-state index is 11.7. The van der Waals surface area contributed by atoms with Crippen molar-refractivity contribution in [2.45, 2.75) is 30.9 Å². The number of aryl methyl sites for hydroxylation is 1. The van der Waals surface area contributed by atoms with Gasteiger partial charge in [-0.3, -0.25) is 0 Å². The molecule has 0 saturated heterocycles. The van der Waals surface area contributed by atoms with Crippen molar-refractivity contribution in [2.75, 3.05) is 27.4 Å². The van der Waals surface area contributed by atoms with Gasteiger partial charge in [0.1, 0.15) is 6.61 Å². The Morgan fingerprint density at radius 2 is 1.83 bits per heavy atom. The van der Waals surface area contributed by atoms with Gasteiger partial charge in [0.2, 0.25) is 15.8 Å². The fourth-order valence-corrected chi connectivity index (χ4v) is 3.62. The molecule has 0 aliphatic carbocycles. The van der Waals surface area contributed by atoms with Crippen LogP contribution < -0.4 is 24.7 Å². The highest BCUT2D eigenvalue weighted by Crippen LogP contribution is 2.36. The van der Waals surface area contributed by atoms with Gasteiger partial charge in [-0.25, -0.2) is 13.6 Å². The summed E-state index contributed by atoms with van der Waals surface area (Å²) >= 11 is 0. The Bertz CT molecular complexity index is 933. The molecule has 2 unspecified atom stereocenters. The first kappa shape index (κ1) is 23.0. The van der Waals surface area contributed by atoms with Crippen molar-refractivity contribution in [1.29, 1.82) is 0 Å². The van der Waals surface area contributed by atoms with E-state index >= 15 is 0 Å². The zero-order chi connectivity index (χ0) is 21.6. The van der Waals surface area contributed by atoms with E-state index in [-0.39, 0.29) is 17.5 Å². The van der Waals surface area contributed by atoms with Gasteiger partial charge in [-0.15, -0.1) is 0 Å². The molecule has 0 spiro atoms. The third-order valence-electron chi connectivity index (χ3n) is 4.42. The number of nitrogens with two attached hydrogens (primary N) is 1. The lowest BCUT2D eigenvalue weighted by atomic mass is 10.1. The second-order valence-corrected chi connectivity index (χ2v) is 8.23. The molecule has 2 aromatic carbocycles. The van der Waals surface area contributed by atoms with E-state index in [1.807, 2.05) is 6.92 Å². The smallest absolute Gasteiger partial charge is 0.238 e. The van der Waals surface area contributed by atoms with Crippen LogP contribution in [0.4, 0.5) is 0 Å². The van der Waals surface area contributed by atoms with E-state index < -0.39 is 16.1 Å². The van der Waals surface area contributed by atoms with Crippen molar-refractivity contribution in [1.82, 2.24) is 5.32 Å². The fourth-order valence-electron chi connectivity index (χ4n) is 2.81. The van der Waals surface area contributed by atoms with Crippen molar-refractivity contribution in [2.24, 2.45) is 5.14 Å². The van der Waals surface area contributed by atoms with E-state index in [0.29, 0.717) is 35.0 Å². The number of methoxy groups -OCH3 is 2. The van der Waals surface area contributed by atoms with Gasteiger partial charge < -0.3 is 24.6 Å². The van der Waals surface area contributed by atoms with E-state index in [0.717, 1.165) is 0 Å². The largest absolute Gasteiger partial charge is 0.493 e. The van der Waals surface area contributed by atoms with E-state index in [9.17, 15) is 13.5 Å². The van der Waals surface area contributed by atoms with Crippen LogP contribution in [0.5, 0.6) is 17.2 Å². The van der Waals surface area contributed by atoms with Crippen molar-refractivity contribution < 1.29 is 27.7 Å². The number of hydrogen-bond donors (Lipinski definition) is 3. The third kappa shape index (κ3) is 6.07. The lowest BCUT2D eigenvalue weighted by molar-refractivity contribution is 0.163. The summed E-state index contributed by atoms with van der Waals surface area (Å²) in [5.74, 6) is 1.64. The lowest BCUT2D eigenvalue weighted by Crippen LogP contribution is -2.35. The van der Waals surface area contributed by atoms with Gasteiger partial charge in [0.15, 0.2) is 11.5 Å². The van der Waals surface area contributed by atoms with Gasteiger partial charge in [0.25, 0.3) is 0 Å². The minimum absolute atomic E-state index is 0.00977. The Kier molecular flexibility index (Phi) is 7.86. The van der Waals surface area contributed by atoms with Gasteiger partial charge in [-0.05, 0) is 43.2 Å². The zero-order valence-electron chi connectivity index (χ0n) is 17.0. The first-order valence-electron chi connectivity index (χ1n) is 9.06. The first-order chi connectivity index (χ1) is 13.7. The number of aliphatic hydroxyl groups is 1. The summed E-state index contributed by atoms with van der Waals surface area (Å²) in [6, 6.07) is 9.98. The van der Waals surface area contributed by atoms with Crippen LogP contribution in [0.25, 0.3) is 0 Å². The molecule has 0 bridgehead atoms. The van der Waals surface area contributed by atoms with Gasteiger partial charge in [-0.2, -0.15) is 0 Å². The quantitative estimate of drug-likeness (QED) is 0.531. The summed E-state index contributed by atoms with van der Waals surface area (Å²) in [4.78, 5) is 0.00977. The monoisotopic (exact) mass is 424 g/mol. The summed E-state index contributed by atoms with van der Waals surface area (Å²) in [7, 11) is -0.749. The Balaban J connectivity index is 1.95. The first-order valence-corrected chi connectivity index (χ1v) is 10.6. The average molecular weight is 425 g/mol. The van der Waals surface area contributed by atoms with Crippen LogP contribution in [-0.4, -0.2) is 46.9 Å². The van der Waals surface area contributed by atoms with Crippen LogP contribution in [0.2, 0.25) is 0 Å². The molecule has 0 radical (unpaired) electrons. The summed E-state index contributed by atoms with van der Waals surface area (Å²) in [6.45, 7) is 4.10. The molecule has 29 heavy (non-hydrogen) atoms. The average Bonchev–Trinajstić information content (AvgIpc) is 2.69. The molecule has 0 aliphatic rings. The molecule has 0 aliphatic heterocycles. The molecule has 0 amide bonds. The molecule has 0 fully saturated rings. The van der Waals surface area contributed by atoms with Crippen molar-refractivity contribution in [3.05, 3.63) is 47.5 Å². The fraction of sp³-hybridized carbons (Fsp3) is 0.400. The molecular weight excluding hydrogens is 396 g/mol. The third-order valence-corrected chi connectivity index (χ3v) is 5.47. The highest BCUT2D eigenvalue weighted by atomic mass is 32.2. The Morgan fingerprint density at radius 3 is 2.45 bits per heavy atom. The summed E-state index contributed by atoms with van der Waals surface area (Å²) < 4.78 is 39.7. The number of sulfonamides is 1. The van der Waals surface area contributed by atoms with Crippen LogP contribution in [0, 0.1) is 6.92 Å². The van der Waals surface area contributed by atoms with E-state index in [1.165, 1.54) is 6.07 Å². The molecule has 160 valence electrons. The summed E-state index contributed by atoms with van der Waals surface area (Å²) in [5.41, 5.74) is 1.00. The summed E-state index contributed by atoms with van der Waals surface area (Å²) in [5, 5.41) is 18.8. The Morgan fingerprint density at radius 1 is 1.14 bits per heavy atom. The molecule has 0 heterocycles. The van der Waals surface area contributed by atoms with E-state index in [4.69, 9.17) is 19.3 Å². The van der Waals surface area contributed by atoms with Gasteiger partial charge in [0, 0.05) is 12.6 Å². The van der Waals surface area contributed by atoms with Crippen LogP contribution in [-0.2, 0) is 10.0 Å². The van der Waals surface area contributed by atoms with Crippen LogP contribution >= 0.6 is 0 Å². The number of ether oxygens (including phenoxy) is 3. The number of primary sulfonamides is 1. The zero-order valence-corrected chi connectivity index (χ0v) is 17.8. The van der Waals surface area contributed by atoms with E-state index in [2.05, 4.69) is 5.32 Å². The van der Waals surface area contributed by atoms with Crippen molar-refractivity contribution in [3.63, 3.8) is 0 Å². The number of para-hydroxylation sites is 1. The van der Waals surface area contributed by atoms with Gasteiger partial charge in [0.05, 0.1) is 25.2 Å². The maximum Gasteiger partial charge on any atom is 0.238 e. The van der Waals surface area contributed by atoms with Crippen LogP contribution in [0.1, 0.15) is 24.2 Å². The number of aliphatic hydroxyl groups excluding tert-OH is 1. The standard InChI is InChI=1S/C20H28N2O6S/c1-13-8-9-15(10-19(13)29(21,24)25)16(23)11-22-14(2)12-28-18-7-5-6-17(26-3)20(18)27-4/h5-10,14,16,22-23H,11-12H2,1-4H3,(H2,21,24,25). The predicted octanol–water partition coefficient (Wildman–Crippen LogP) is 1.75. The molecule has 2 aromatic rings. The molecule has 0 aromatic heterocycles. The Labute approximate surface area is 171 Å². The molecule has 2 rings (SSSR count). The molecule has 9 heteroatoms. The molecular formula is C20H28N2O6S. The molecule has 4 N–H and O–H groups in total. The van der Waals surface area contributed by atoms with Crippen LogP contribution in [0.3, 0.4) is 0 Å². The number of benzene rings is 2. The molecule has 0 saturated carbocycles. The minimum Gasteiger partial charge on any atom is -0.493 e. The highest BCUT2D eigenvalue weighted by molar-refractivity contribution is 7.89. The summed E-state index contributed by atoms with van der Waals surface area (Å²) in [6.07, 6.45) is -0.898. The molecule has 8 nitrogen and oxygen atoms in total. The number of rotatable bonds is 10. The van der Waals surface area contributed by atoms with E-state index in [1.54, 1.807) is 51.5 Å². The SMILES string of the molecule is COc1cccc(OCC(C)NCC(O)c2ccc(C)c(S(N)(=O)=O)c2)c1OC. The number of nitrogens with one attached hydrogen (secondary N) is 1. The van der Waals surface area contributed by atoms with Crippen LogP contribution in [0.15, 0.2) is 41.3 Å². The minimum atomic E-state index is -3.85. The normalized spacial score (nSPS) is 13.6.